The smallest absolute Gasteiger partial charge is 0.303 e. The van der Waals surface area contributed by atoms with Crippen molar-refractivity contribution in [3.8, 4) is 5.75 Å². The van der Waals surface area contributed by atoms with Crippen molar-refractivity contribution < 1.29 is 19.4 Å². The van der Waals surface area contributed by atoms with E-state index in [-0.39, 0.29) is 24.0 Å². The maximum absolute atomic E-state index is 12.3. The molecule has 0 fully saturated rings. The van der Waals surface area contributed by atoms with Crippen molar-refractivity contribution in [1.82, 2.24) is 0 Å². The molecule has 116 valence electrons. The van der Waals surface area contributed by atoms with Gasteiger partial charge in [0.25, 0.3) is 0 Å². The van der Waals surface area contributed by atoms with Crippen molar-refractivity contribution >= 4 is 11.8 Å². The number of benzene rings is 1. The summed E-state index contributed by atoms with van der Waals surface area (Å²) in [5, 5.41) is 8.65. The van der Waals surface area contributed by atoms with Crippen LogP contribution in [0.25, 0.3) is 0 Å². The molecular weight excluding hydrogens is 268 g/mol. The van der Waals surface area contributed by atoms with Gasteiger partial charge in [-0.05, 0) is 36.5 Å². The number of carboxylic acid groups (broad SMARTS) is 1. The second-order valence-electron chi connectivity index (χ2n) is 6.06. The van der Waals surface area contributed by atoms with Gasteiger partial charge in [0.2, 0.25) is 0 Å². The number of carbonyl (C=O) groups is 2. The number of carbonyl (C=O) groups excluding carboxylic acids is 1. The van der Waals surface area contributed by atoms with Crippen LogP contribution in [0.5, 0.6) is 5.75 Å². The number of hydrogen-bond acceptors (Lipinski definition) is 3. The highest BCUT2D eigenvalue weighted by molar-refractivity contribution is 5.99. The molecule has 0 aromatic heterocycles. The molecule has 21 heavy (non-hydrogen) atoms. The lowest BCUT2D eigenvalue weighted by atomic mass is 9.85. The van der Waals surface area contributed by atoms with E-state index < -0.39 is 5.97 Å². The van der Waals surface area contributed by atoms with Gasteiger partial charge in [0, 0.05) is 12.8 Å². The zero-order valence-electron chi connectivity index (χ0n) is 13.2. The molecule has 0 saturated carbocycles. The minimum atomic E-state index is -0.878. The second kappa shape index (κ2) is 7.25. The molecule has 0 unspecified atom stereocenters. The lowest BCUT2D eigenvalue weighted by Crippen LogP contribution is -2.13. The molecule has 4 heteroatoms. The number of Topliss-reactive ketones (excluding diaryl/α,β-unsaturated/α-hetero) is 1. The molecule has 0 amide bonds. The first-order chi connectivity index (χ1) is 9.75. The van der Waals surface area contributed by atoms with Gasteiger partial charge < -0.3 is 9.84 Å². The lowest BCUT2D eigenvalue weighted by Gasteiger charge is -2.21. The lowest BCUT2D eigenvalue weighted by molar-refractivity contribution is -0.137. The highest BCUT2D eigenvalue weighted by Crippen LogP contribution is 2.29. The van der Waals surface area contributed by atoms with E-state index in [1.54, 1.807) is 0 Å². The Morgan fingerprint density at radius 1 is 1.19 bits per heavy atom. The number of hydrogen-bond donors (Lipinski definition) is 1. The van der Waals surface area contributed by atoms with Gasteiger partial charge in [-0.2, -0.15) is 0 Å². The van der Waals surface area contributed by atoms with E-state index in [9.17, 15) is 9.59 Å². The Morgan fingerprint density at radius 3 is 2.38 bits per heavy atom. The SMILES string of the molecule is CCOc1ccc(C(C)(C)C)cc1C(=O)CCCC(=O)O. The number of aliphatic carboxylic acids is 1. The first-order valence-electron chi connectivity index (χ1n) is 7.28. The molecule has 0 saturated heterocycles. The van der Waals surface area contributed by atoms with E-state index >= 15 is 0 Å². The maximum atomic E-state index is 12.3. The average molecular weight is 292 g/mol. The number of rotatable bonds is 7. The minimum Gasteiger partial charge on any atom is -0.493 e. The number of carboxylic acids is 1. The first kappa shape index (κ1) is 17.2. The molecule has 0 heterocycles. The van der Waals surface area contributed by atoms with Gasteiger partial charge in [0.05, 0.1) is 12.2 Å². The minimum absolute atomic E-state index is 0.00860. The predicted octanol–water partition coefficient (Wildman–Crippen LogP) is 3.82. The molecule has 1 aromatic carbocycles. The van der Waals surface area contributed by atoms with Crippen LogP contribution in [-0.2, 0) is 10.2 Å². The predicted molar refractivity (Wildman–Crippen MR) is 82.1 cm³/mol. The van der Waals surface area contributed by atoms with Crippen LogP contribution in [0.1, 0.15) is 62.9 Å². The summed E-state index contributed by atoms with van der Waals surface area (Å²) in [5.41, 5.74) is 1.56. The third-order valence-corrected chi connectivity index (χ3v) is 3.24. The van der Waals surface area contributed by atoms with E-state index in [2.05, 4.69) is 20.8 Å². The van der Waals surface area contributed by atoms with Gasteiger partial charge in [-0.15, -0.1) is 0 Å². The maximum Gasteiger partial charge on any atom is 0.303 e. The summed E-state index contributed by atoms with van der Waals surface area (Å²) in [6.45, 7) is 8.62. The molecule has 0 aliphatic rings. The Bertz CT molecular complexity index is 512. The Labute approximate surface area is 126 Å². The fourth-order valence-corrected chi connectivity index (χ4v) is 2.03. The van der Waals surface area contributed by atoms with Crippen LogP contribution in [-0.4, -0.2) is 23.5 Å². The first-order valence-corrected chi connectivity index (χ1v) is 7.28. The van der Waals surface area contributed by atoms with Crippen LogP contribution in [0.4, 0.5) is 0 Å². The van der Waals surface area contributed by atoms with Gasteiger partial charge in [0.15, 0.2) is 5.78 Å². The third kappa shape index (κ3) is 5.21. The van der Waals surface area contributed by atoms with Crippen molar-refractivity contribution in [2.24, 2.45) is 0 Å². The monoisotopic (exact) mass is 292 g/mol. The quantitative estimate of drug-likeness (QED) is 0.776. The zero-order valence-corrected chi connectivity index (χ0v) is 13.2. The molecule has 4 nitrogen and oxygen atoms in total. The summed E-state index contributed by atoms with van der Waals surface area (Å²) in [6, 6.07) is 5.67. The van der Waals surface area contributed by atoms with Crippen molar-refractivity contribution in [2.75, 3.05) is 6.61 Å². The van der Waals surface area contributed by atoms with E-state index in [4.69, 9.17) is 9.84 Å². The number of ketones is 1. The summed E-state index contributed by atoms with van der Waals surface area (Å²) < 4.78 is 5.52. The Morgan fingerprint density at radius 2 is 1.86 bits per heavy atom. The molecule has 0 spiro atoms. The fraction of sp³-hybridized carbons (Fsp3) is 0.529. The standard InChI is InChI=1S/C17H24O4/c1-5-21-15-10-9-12(17(2,3)4)11-13(15)14(18)7-6-8-16(19)20/h9-11H,5-8H2,1-4H3,(H,19,20). The highest BCUT2D eigenvalue weighted by atomic mass is 16.5. The van der Waals surface area contributed by atoms with Crippen LogP contribution < -0.4 is 4.74 Å². The van der Waals surface area contributed by atoms with Crippen LogP contribution in [0.2, 0.25) is 0 Å². The summed E-state index contributed by atoms with van der Waals surface area (Å²) >= 11 is 0. The fourth-order valence-electron chi connectivity index (χ4n) is 2.03. The second-order valence-corrected chi connectivity index (χ2v) is 6.06. The Hall–Kier alpha value is -1.84. The summed E-state index contributed by atoms with van der Waals surface area (Å²) in [5.74, 6) is -0.368. The number of ether oxygens (including phenoxy) is 1. The topological polar surface area (TPSA) is 63.6 Å². The largest absolute Gasteiger partial charge is 0.493 e. The molecule has 1 aromatic rings. The summed E-state index contributed by atoms with van der Waals surface area (Å²) in [6.07, 6.45) is 0.577. The van der Waals surface area contributed by atoms with Crippen molar-refractivity contribution in [3.63, 3.8) is 0 Å². The third-order valence-electron chi connectivity index (χ3n) is 3.24. The van der Waals surface area contributed by atoms with E-state index in [0.29, 0.717) is 24.3 Å². The van der Waals surface area contributed by atoms with E-state index in [1.165, 1.54) is 0 Å². The molecule has 1 N–H and O–H groups in total. The van der Waals surface area contributed by atoms with Crippen LogP contribution >= 0.6 is 0 Å². The molecule has 0 bridgehead atoms. The molecular formula is C17H24O4. The van der Waals surface area contributed by atoms with Crippen LogP contribution in [0, 0.1) is 0 Å². The van der Waals surface area contributed by atoms with E-state index in [0.717, 1.165) is 5.56 Å². The van der Waals surface area contributed by atoms with Gasteiger partial charge in [-0.1, -0.05) is 26.8 Å². The normalized spacial score (nSPS) is 11.2. The zero-order chi connectivity index (χ0) is 16.0. The highest BCUT2D eigenvalue weighted by Gasteiger charge is 2.19. The van der Waals surface area contributed by atoms with Crippen molar-refractivity contribution in [1.29, 1.82) is 0 Å². The molecule has 0 aliphatic heterocycles. The van der Waals surface area contributed by atoms with Crippen LogP contribution in [0.3, 0.4) is 0 Å². The Kier molecular flexibility index (Phi) is 5.94. The van der Waals surface area contributed by atoms with Crippen LogP contribution in [0.15, 0.2) is 18.2 Å². The van der Waals surface area contributed by atoms with Crippen molar-refractivity contribution in [2.45, 2.75) is 52.4 Å². The van der Waals surface area contributed by atoms with Gasteiger partial charge in [0.1, 0.15) is 5.75 Å². The molecule has 1 rings (SSSR count). The molecule has 0 radical (unpaired) electrons. The van der Waals surface area contributed by atoms with Crippen molar-refractivity contribution in [3.05, 3.63) is 29.3 Å². The van der Waals surface area contributed by atoms with Gasteiger partial charge in [-0.3, -0.25) is 9.59 Å². The van der Waals surface area contributed by atoms with Gasteiger partial charge >= 0.3 is 5.97 Å². The molecule has 0 atom stereocenters. The molecule has 0 aliphatic carbocycles. The average Bonchev–Trinajstić information content (AvgIpc) is 2.37. The van der Waals surface area contributed by atoms with Gasteiger partial charge in [-0.25, -0.2) is 0 Å². The van der Waals surface area contributed by atoms with E-state index in [1.807, 2.05) is 25.1 Å². The summed E-state index contributed by atoms with van der Waals surface area (Å²) in [7, 11) is 0. The summed E-state index contributed by atoms with van der Waals surface area (Å²) in [4.78, 5) is 22.9. The Balaban J connectivity index is 2.99.